The Kier molecular flexibility index (Phi) is 6.13. The predicted octanol–water partition coefficient (Wildman–Crippen LogP) is 3.98. The van der Waals surface area contributed by atoms with Gasteiger partial charge >= 0.3 is 6.03 Å². The highest BCUT2D eigenvalue weighted by atomic mass is 16.5. The van der Waals surface area contributed by atoms with Crippen molar-refractivity contribution in [2.24, 2.45) is 0 Å². The number of aryl methyl sites for hydroxylation is 1. The minimum absolute atomic E-state index is 0.377. The Bertz CT molecular complexity index is 1160. The molecular formula is C26H25N3O4. The number of ether oxygens (including phenoxy) is 1. The van der Waals surface area contributed by atoms with Crippen LogP contribution in [0.3, 0.4) is 0 Å². The highest BCUT2D eigenvalue weighted by molar-refractivity contribution is 6.10. The van der Waals surface area contributed by atoms with E-state index in [0.717, 1.165) is 16.0 Å². The van der Waals surface area contributed by atoms with Crippen LogP contribution in [0, 0.1) is 6.92 Å². The van der Waals surface area contributed by atoms with Crippen molar-refractivity contribution in [3.63, 3.8) is 0 Å². The lowest BCUT2D eigenvalue weighted by Crippen LogP contribution is -2.42. The van der Waals surface area contributed by atoms with Crippen LogP contribution in [0.5, 0.6) is 5.75 Å². The fourth-order valence-electron chi connectivity index (χ4n) is 3.64. The van der Waals surface area contributed by atoms with Crippen LogP contribution in [-0.4, -0.2) is 29.3 Å². The maximum Gasteiger partial charge on any atom is 0.325 e. The number of amides is 4. The topological polar surface area (TPSA) is 87.7 Å². The quantitative estimate of drug-likeness (QED) is 0.541. The molecule has 7 nitrogen and oxygen atoms in total. The van der Waals surface area contributed by atoms with E-state index in [9.17, 15) is 14.4 Å². The number of urea groups is 1. The van der Waals surface area contributed by atoms with Crippen LogP contribution in [0.15, 0.2) is 78.9 Å². The molecule has 0 spiro atoms. The van der Waals surface area contributed by atoms with Crippen LogP contribution in [0.25, 0.3) is 0 Å². The van der Waals surface area contributed by atoms with E-state index in [1.165, 1.54) is 0 Å². The molecule has 7 heteroatoms. The molecule has 1 aliphatic rings. The summed E-state index contributed by atoms with van der Waals surface area (Å²) in [5.74, 6) is -0.263. The normalized spacial score (nSPS) is 17.6. The third-order valence-electron chi connectivity index (χ3n) is 5.59. The average molecular weight is 444 g/mol. The Hall–Kier alpha value is -4.13. The summed E-state index contributed by atoms with van der Waals surface area (Å²) in [6, 6.07) is 23.5. The minimum Gasteiger partial charge on any atom is -0.489 e. The summed E-state index contributed by atoms with van der Waals surface area (Å²) in [7, 11) is 0. The van der Waals surface area contributed by atoms with Crippen LogP contribution in [0.1, 0.15) is 23.6 Å². The van der Waals surface area contributed by atoms with Gasteiger partial charge in [0.2, 0.25) is 5.91 Å². The molecule has 2 N–H and O–H groups in total. The molecule has 0 aromatic heterocycles. The molecule has 4 amide bonds. The van der Waals surface area contributed by atoms with E-state index >= 15 is 0 Å². The number of hydrogen-bond acceptors (Lipinski definition) is 4. The maximum absolute atomic E-state index is 13.0. The summed E-state index contributed by atoms with van der Waals surface area (Å²) in [6.45, 7) is 3.65. The number of carbonyl (C=O) groups excluding carboxylic acids is 3. The zero-order valence-corrected chi connectivity index (χ0v) is 18.5. The number of hydrogen-bond donors (Lipinski definition) is 2. The monoisotopic (exact) mass is 443 g/mol. The zero-order chi connectivity index (χ0) is 23.4. The molecule has 0 aliphatic carbocycles. The van der Waals surface area contributed by atoms with Crippen molar-refractivity contribution in [3.05, 3.63) is 95.6 Å². The number of imide groups is 1. The Morgan fingerprint density at radius 2 is 1.64 bits per heavy atom. The lowest BCUT2D eigenvalue weighted by Gasteiger charge is -2.22. The second-order valence-corrected chi connectivity index (χ2v) is 8.16. The van der Waals surface area contributed by atoms with Gasteiger partial charge in [0, 0.05) is 5.69 Å². The van der Waals surface area contributed by atoms with E-state index in [-0.39, 0.29) is 6.54 Å². The molecule has 1 fully saturated rings. The lowest BCUT2D eigenvalue weighted by molar-refractivity contribution is -0.133. The molecule has 1 aliphatic heterocycles. The van der Waals surface area contributed by atoms with E-state index in [2.05, 4.69) is 10.6 Å². The van der Waals surface area contributed by atoms with Crippen molar-refractivity contribution in [1.82, 2.24) is 10.2 Å². The third kappa shape index (κ3) is 4.87. The standard InChI is InChI=1S/C26H25N3O4/c1-18-8-10-20(11-9-18)26(2)24(31)29(25(32)28-26)16-23(30)27-21-12-14-22(15-13-21)33-17-19-6-4-3-5-7-19/h3-15H,16-17H2,1-2H3,(H,27,30)(H,28,32). The molecule has 3 aromatic carbocycles. The first-order chi connectivity index (χ1) is 15.8. The van der Waals surface area contributed by atoms with Crippen molar-refractivity contribution < 1.29 is 19.1 Å². The van der Waals surface area contributed by atoms with Gasteiger partial charge in [0.05, 0.1) is 0 Å². The molecule has 1 heterocycles. The number of carbonyl (C=O) groups is 3. The van der Waals surface area contributed by atoms with Crippen molar-refractivity contribution in [2.45, 2.75) is 26.0 Å². The summed E-state index contributed by atoms with van der Waals surface area (Å²) in [6.07, 6.45) is 0. The van der Waals surface area contributed by atoms with Gasteiger partial charge in [-0.3, -0.25) is 14.5 Å². The smallest absolute Gasteiger partial charge is 0.325 e. The molecule has 33 heavy (non-hydrogen) atoms. The summed E-state index contributed by atoms with van der Waals surface area (Å²) < 4.78 is 5.74. The van der Waals surface area contributed by atoms with Gasteiger partial charge in [-0.1, -0.05) is 60.2 Å². The molecular weight excluding hydrogens is 418 g/mol. The number of nitrogens with zero attached hydrogens (tertiary/aromatic N) is 1. The van der Waals surface area contributed by atoms with Crippen molar-refractivity contribution >= 4 is 23.5 Å². The highest BCUT2D eigenvalue weighted by Gasteiger charge is 2.49. The second-order valence-electron chi connectivity index (χ2n) is 8.16. The second kappa shape index (κ2) is 9.16. The van der Waals surface area contributed by atoms with Crippen LogP contribution < -0.4 is 15.4 Å². The number of nitrogens with one attached hydrogen (secondary N) is 2. The van der Waals surface area contributed by atoms with Gasteiger partial charge < -0.3 is 15.4 Å². The van der Waals surface area contributed by atoms with Gasteiger partial charge in [-0.05, 0) is 49.2 Å². The Morgan fingerprint density at radius 1 is 0.970 bits per heavy atom. The maximum atomic E-state index is 13.0. The SMILES string of the molecule is Cc1ccc(C2(C)NC(=O)N(CC(=O)Nc3ccc(OCc4ccccc4)cc3)C2=O)cc1. The molecule has 168 valence electrons. The van der Waals surface area contributed by atoms with Gasteiger partial charge in [0.1, 0.15) is 24.4 Å². The zero-order valence-electron chi connectivity index (χ0n) is 18.5. The van der Waals surface area contributed by atoms with E-state index < -0.39 is 23.4 Å². The van der Waals surface area contributed by atoms with Crippen molar-refractivity contribution in [2.75, 3.05) is 11.9 Å². The molecule has 0 saturated carbocycles. The predicted molar refractivity (Wildman–Crippen MR) is 125 cm³/mol. The number of anilines is 1. The van der Waals surface area contributed by atoms with E-state index in [4.69, 9.17) is 4.74 Å². The van der Waals surface area contributed by atoms with Gasteiger partial charge in [0.25, 0.3) is 5.91 Å². The van der Waals surface area contributed by atoms with E-state index in [1.54, 1.807) is 43.3 Å². The largest absolute Gasteiger partial charge is 0.489 e. The van der Waals surface area contributed by atoms with Crippen LogP contribution in [0.2, 0.25) is 0 Å². The Morgan fingerprint density at radius 3 is 2.30 bits per heavy atom. The summed E-state index contributed by atoms with van der Waals surface area (Å²) in [5, 5.41) is 5.43. The van der Waals surface area contributed by atoms with Crippen LogP contribution in [0.4, 0.5) is 10.5 Å². The van der Waals surface area contributed by atoms with Crippen LogP contribution >= 0.6 is 0 Å². The fraction of sp³-hybridized carbons (Fsp3) is 0.192. The van der Waals surface area contributed by atoms with Gasteiger partial charge in [0.15, 0.2) is 0 Å². The van der Waals surface area contributed by atoms with Gasteiger partial charge in [-0.2, -0.15) is 0 Å². The molecule has 1 unspecified atom stereocenters. The summed E-state index contributed by atoms with van der Waals surface area (Å²) >= 11 is 0. The van der Waals surface area contributed by atoms with Crippen LogP contribution in [-0.2, 0) is 21.7 Å². The molecule has 3 aromatic rings. The molecule has 1 saturated heterocycles. The minimum atomic E-state index is -1.21. The first-order valence-electron chi connectivity index (χ1n) is 10.6. The van der Waals surface area contributed by atoms with Crippen molar-refractivity contribution in [3.8, 4) is 5.75 Å². The first kappa shape index (κ1) is 22.1. The average Bonchev–Trinajstić information content (AvgIpc) is 3.03. The summed E-state index contributed by atoms with van der Waals surface area (Å²) in [4.78, 5) is 38.9. The molecule has 1 atom stereocenters. The van der Waals surface area contributed by atoms with Gasteiger partial charge in [-0.25, -0.2) is 4.79 Å². The lowest BCUT2D eigenvalue weighted by atomic mass is 9.91. The van der Waals surface area contributed by atoms with E-state index in [0.29, 0.717) is 23.6 Å². The number of rotatable bonds is 7. The Labute approximate surface area is 192 Å². The third-order valence-corrected chi connectivity index (χ3v) is 5.59. The first-order valence-corrected chi connectivity index (χ1v) is 10.6. The molecule has 4 rings (SSSR count). The fourth-order valence-corrected chi connectivity index (χ4v) is 3.64. The molecule has 0 bridgehead atoms. The summed E-state index contributed by atoms with van der Waals surface area (Å²) in [5.41, 5.74) is 2.11. The van der Waals surface area contributed by atoms with Crippen molar-refractivity contribution in [1.29, 1.82) is 0 Å². The van der Waals surface area contributed by atoms with Gasteiger partial charge in [-0.15, -0.1) is 0 Å². The molecule has 0 radical (unpaired) electrons. The Balaban J connectivity index is 1.35. The number of benzene rings is 3. The highest BCUT2D eigenvalue weighted by Crippen LogP contribution is 2.29. The van der Waals surface area contributed by atoms with E-state index in [1.807, 2.05) is 49.4 Å².